The molecule has 0 aliphatic heterocycles. The van der Waals surface area contributed by atoms with Crippen molar-refractivity contribution < 1.29 is 31.0 Å². The Hall–Kier alpha value is -1.36. The predicted octanol–water partition coefficient (Wildman–Crippen LogP) is -1.20. The molecule has 0 bridgehead atoms. The first-order valence-corrected chi connectivity index (χ1v) is 4.89. The van der Waals surface area contributed by atoms with Crippen molar-refractivity contribution >= 4 is 22.7 Å². The molecule has 0 aliphatic carbocycles. The SMILES string of the molecule is Nc1ccc(-c2ccc(N)c(N)c2N)cc1.[H-].[Na+]. The number of benzene rings is 2. The van der Waals surface area contributed by atoms with E-state index < -0.39 is 0 Å². The van der Waals surface area contributed by atoms with Crippen LogP contribution in [-0.4, -0.2) is 0 Å². The average molecular weight is 238 g/mol. The molecule has 5 heteroatoms. The second-order valence-corrected chi connectivity index (χ2v) is 3.65. The van der Waals surface area contributed by atoms with Crippen molar-refractivity contribution in [3.05, 3.63) is 36.4 Å². The summed E-state index contributed by atoms with van der Waals surface area (Å²) in [6.45, 7) is 0. The zero-order valence-electron chi connectivity index (χ0n) is 10.8. The van der Waals surface area contributed by atoms with Gasteiger partial charge in [-0.05, 0) is 23.8 Å². The molecule has 8 N–H and O–H groups in total. The van der Waals surface area contributed by atoms with Gasteiger partial charge in [0.05, 0.1) is 17.1 Å². The van der Waals surface area contributed by atoms with Gasteiger partial charge in [-0.2, -0.15) is 0 Å². The van der Waals surface area contributed by atoms with Crippen molar-refractivity contribution in [1.29, 1.82) is 0 Å². The van der Waals surface area contributed by atoms with Gasteiger partial charge in [0.25, 0.3) is 0 Å². The van der Waals surface area contributed by atoms with Crippen LogP contribution >= 0.6 is 0 Å². The van der Waals surface area contributed by atoms with E-state index >= 15 is 0 Å². The summed E-state index contributed by atoms with van der Waals surface area (Å²) in [5.41, 5.74) is 27.0. The summed E-state index contributed by atoms with van der Waals surface area (Å²) in [5, 5.41) is 0. The van der Waals surface area contributed by atoms with Crippen LogP contribution in [0.3, 0.4) is 0 Å². The standard InChI is InChI=1S/C12H14N4.Na.H/c13-8-3-1-7(2-4-8)9-5-6-10(14)12(16)11(9)15;;/h1-6H,13-16H2;;/q;+1;-1. The van der Waals surface area contributed by atoms with Gasteiger partial charge in [-0.1, -0.05) is 18.2 Å². The first-order chi connectivity index (χ1) is 7.59. The monoisotopic (exact) mass is 238 g/mol. The van der Waals surface area contributed by atoms with E-state index in [1.54, 1.807) is 6.07 Å². The smallest absolute Gasteiger partial charge is 1.00 e. The van der Waals surface area contributed by atoms with Crippen LogP contribution in [0.1, 0.15) is 1.43 Å². The maximum absolute atomic E-state index is 5.92. The normalized spacial score (nSPS) is 9.65. The average Bonchev–Trinajstić information content (AvgIpc) is 2.28. The quantitative estimate of drug-likeness (QED) is 0.370. The topological polar surface area (TPSA) is 104 Å². The van der Waals surface area contributed by atoms with Gasteiger partial charge in [0.15, 0.2) is 0 Å². The Morgan fingerprint density at radius 1 is 0.706 bits per heavy atom. The Bertz CT molecular complexity index is 528. The molecule has 4 nitrogen and oxygen atoms in total. The van der Waals surface area contributed by atoms with Crippen molar-refractivity contribution in [2.75, 3.05) is 22.9 Å². The summed E-state index contributed by atoms with van der Waals surface area (Å²) in [5.74, 6) is 0. The molecule has 0 radical (unpaired) electrons. The van der Waals surface area contributed by atoms with Gasteiger partial charge in [-0.15, -0.1) is 0 Å². The van der Waals surface area contributed by atoms with Gasteiger partial charge in [-0.25, -0.2) is 0 Å². The van der Waals surface area contributed by atoms with E-state index in [1.165, 1.54) is 0 Å². The third kappa shape index (κ3) is 2.66. The number of hydrogen-bond donors (Lipinski definition) is 4. The zero-order chi connectivity index (χ0) is 11.7. The second kappa shape index (κ2) is 5.31. The van der Waals surface area contributed by atoms with Gasteiger partial charge in [0.1, 0.15) is 0 Å². The molecule has 2 aromatic rings. The summed E-state index contributed by atoms with van der Waals surface area (Å²) in [6, 6.07) is 11.0. The van der Waals surface area contributed by atoms with Crippen molar-refractivity contribution in [2.24, 2.45) is 0 Å². The van der Waals surface area contributed by atoms with E-state index in [0.717, 1.165) is 11.1 Å². The van der Waals surface area contributed by atoms with Crippen molar-refractivity contribution in [2.45, 2.75) is 0 Å². The molecule has 0 aromatic heterocycles. The molecule has 0 aliphatic rings. The van der Waals surface area contributed by atoms with Gasteiger partial charge < -0.3 is 24.4 Å². The number of nitrogen functional groups attached to an aromatic ring is 4. The molecule has 0 spiro atoms. The Labute approximate surface area is 124 Å². The summed E-state index contributed by atoms with van der Waals surface area (Å²) in [7, 11) is 0. The Balaban J connectivity index is 0.00000144. The minimum Gasteiger partial charge on any atom is -1.00 e. The largest absolute Gasteiger partial charge is 1.00 e. The van der Waals surface area contributed by atoms with Crippen LogP contribution in [0, 0.1) is 0 Å². The second-order valence-electron chi connectivity index (χ2n) is 3.65. The number of hydrogen-bond acceptors (Lipinski definition) is 4. The van der Waals surface area contributed by atoms with E-state index in [2.05, 4.69) is 0 Å². The van der Waals surface area contributed by atoms with E-state index in [9.17, 15) is 0 Å². The molecule has 0 unspecified atom stereocenters. The molecule has 0 heterocycles. The molecule has 17 heavy (non-hydrogen) atoms. The summed E-state index contributed by atoms with van der Waals surface area (Å²) in [4.78, 5) is 0. The van der Waals surface area contributed by atoms with Crippen LogP contribution in [0.25, 0.3) is 11.1 Å². The van der Waals surface area contributed by atoms with Crippen LogP contribution in [0.2, 0.25) is 0 Å². The first kappa shape index (κ1) is 13.7. The molecule has 2 rings (SSSR count). The number of rotatable bonds is 1. The van der Waals surface area contributed by atoms with Crippen LogP contribution in [0.15, 0.2) is 36.4 Å². The summed E-state index contributed by atoms with van der Waals surface area (Å²) in [6.07, 6.45) is 0. The Morgan fingerprint density at radius 2 is 1.29 bits per heavy atom. The molecular weight excluding hydrogens is 223 g/mol. The van der Waals surface area contributed by atoms with Gasteiger partial charge >= 0.3 is 29.6 Å². The fourth-order valence-electron chi connectivity index (χ4n) is 1.57. The Kier molecular flexibility index (Phi) is 4.28. The van der Waals surface area contributed by atoms with Gasteiger partial charge in [-0.3, -0.25) is 0 Å². The maximum Gasteiger partial charge on any atom is 1.00 e. The number of nitrogens with two attached hydrogens (primary N) is 4. The van der Waals surface area contributed by atoms with Crippen LogP contribution in [-0.2, 0) is 0 Å². The Morgan fingerprint density at radius 3 is 1.88 bits per heavy atom. The maximum atomic E-state index is 5.92. The zero-order valence-corrected chi connectivity index (χ0v) is 11.8. The molecular formula is C12H15N4Na. The summed E-state index contributed by atoms with van der Waals surface area (Å²) >= 11 is 0. The minimum atomic E-state index is 0. The van der Waals surface area contributed by atoms with Crippen LogP contribution in [0.5, 0.6) is 0 Å². The molecule has 84 valence electrons. The first-order valence-electron chi connectivity index (χ1n) is 4.89. The molecule has 0 amide bonds. The predicted molar refractivity (Wildman–Crippen MR) is 70.6 cm³/mol. The van der Waals surface area contributed by atoms with Crippen molar-refractivity contribution in [3.63, 3.8) is 0 Å². The van der Waals surface area contributed by atoms with E-state index in [-0.39, 0.29) is 31.0 Å². The fourth-order valence-corrected chi connectivity index (χ4v) is 1.57. The van der Waals surface area contributed by atoms with Gasteiger partial charge in [0, 0.05) is 11.3 Å². The fraction of sp³-hybridized carbons (Fsp3) is 0. The molecule has 0 fully saturated rings. The van der Waals surface area contributed by atoms with E-state index in [1.807, 2.05) is 30.3 Å². The molecule has 2 aromatic carbocycles. The van der Waals surface area contributed by atoms with Crippen LogP contribution in [0.4, 0.5) is 22.7 Å². The van der Waals surface area contributed by atoms with Crippen molar-refractivity contribution in [3.8, 4) is 11.1 Å². The number of anilines is 4. The summed E-state index contributed by atoms with van der Waals surface area (Å²) < 4.78 is 0. The van der Waals surface area contributed by atoms with Crippen LogP contribution < -0.4 is 52.5 Å². The van der Waals surface area contributed by atoms with E-state index in [0.29, 0.717) is 22.7 Å². The molecule has 0 atom stereocenters. The minimum absolute atomic E-state index is 0. The van der Waals surface area contributed by atoms with Crippen molar-refractivity contribution in [1.82, 2.24) is 0 Å². The van der Waals surface area contributed by atoms with E-state index in [4.69, 9.17) is 22.9 Å². The van der Waals surface area contributed by atoms with Gasteiger partial charge in [0.2, 0.25) is 0 Å². The molecule has 0 saturated heterocycles. The third-order valence-corrected chi connectivity index (χ3v) is 2.54. The molecule has 0 saturated carbocycles. The third-order valence-electron chi connectivity index (χ3n) is 2.54.